The van der Waals surface area contributed by atoms with Gasteiger partial charge in [0.15, 0.2) is 0 Å². The molecular weight excluding hydrogens is 254 g/mol. The predicted octanol–water partition coefficient (Wildman–Crippen LogP) is 3.22. The fourth-order valence-corrected chi connectivity index (χ4v) is 3.64. The third-order valence-corrected chi connectivity index (χ3v) is 4.89. The number of piperidine rings is 1. The van der Waals surface area contributed by atoms with Crippen LogP contribution in [0, 0.1) is 12.8 Å². The number of hydrogen-bond acceptors (Lipinski definition) is 4. The Balaban J connectivity index is 2.02. The second-order valence-electron chi connectivity index (χ2n) is 5.97. The average Bonchev–Trinajstić information content (AvgIpc) is 2.83. The number of aromatic nitrogens is 1. The van der Waals surface area contributed by atoms with E-state index in [1.54, 1.807) is 11.3 Å². The Bertz CT molecular complexity index is 382. The van der Waals surface area contributed by atoms with Crippen LogP contribution in [-0.4, -0.2) is 35.6 Å². The van der Waals surface area contributed by atoms with E-state index in [9.17, 15) is 0 Å². The normalized spacial score (nSPS) is 22.1. The Labute approximate surface area is 121 Å². The van der Waals surface area contributed by atoms with E-state index in [2.05, 4.69) is 48.3 Å². The van der Waals surface area contributed by atoms with Gasteiger partial charge in [-0.05, 0) is 59.5 Å². The zero-order chi connectivity index (χ0) is 13.8. The zero-order valence-electron chi connectivity index (χ0n) is 12.6. The molecule has 1 aromatic rings. The van der Waals surface area contributed by atoms with E-state index in [1.165, 1.54) is 43.2 Å². The maximum atomic E-state index is 4.67. The number of nitrogens with one attached hydrogen (secondary N) is 1. The molecule has 1 fully saturated rings. The third-order valence-electron chi connectivity index (χ3n) is 4.09. The van der Waals surface area contributed by atoms with Gasteiger partial charge in [-0.2, -0.15) is 0 Å². The number of rotatable bonds is 5. The zero-order valence-corrected chi connectivity index (χ0v) is 13.5. The highest BCUT2D eigenvalue weighted by atomic mass is 32.1. The summed E-state index contributed by atoms with van der Waals surface area (Å²) in [4.78, 5) is 7.27. The van der Waals surface area contributed by atoms with Crippen LogP contribution in [0.4, 0.5) is 0 Å². The quantitative estimate of drug-likeness (QED) is 0.898. The van der Waals surface area contributed by atoms with Gasteiger partial charge in [-0.1, -0.05) is 0 Å². The molecule has 0 bridgehead atoms. The van der Waals surface area contributed by atoms with Crippen molar-refractivity contribution in [2.45, 2.75) is 52.6 Å². The summed E-state index contributed by atoms with van der Waals surface area (Å²) in [5.41, 5.74) is 1.24. The highest BCUT2D eigenvalue weighted by molar-refractivity contribution is 7.09. The first-order valence-corrected chi connectivity index (χ1v) is 8.34. The van der Waals surface area contributed by atoms with Crippen LogP contribution in [0.3, 0.4) is 0 Å². The van der Waals surface area contributed by atoms with E-state index in [4.69, 9.17) is 0 Å². The monoisotopic (exact) mass is 281 g/mol. The van der Waals surface area contributed by atoms with Crippen LogP contribution in [0.5, 0.6) is 0 Å². The number of nitrogens with zero attached hydrogens (tertiary/aromatic N) is 2. The molecule has 0 radical (unpaired) electrons. The second-order valence-corrected chi connectivity index (χ2v) is 7.03. The van der Waals surface area contributed by atoms with Crippen molar-refractivity contribution in [2.75, 3.05) is 19.6 Å². The van der Waals surface area contributed by atoms with Gasteiger partial charge in [0.2, 0.25) is 0 Å². The van der Waals surface area contributed by atoms with Crippen molar-refractivity contribution >= 4 is 11.3 Å². The summed E-state index contributed by atoms with van der Waals surface area (Å²) in [5.74, 6) is 0.790. The molecule has 0 aliphatic carbocycles. The predicted molar refractivity (Wildman–Crippen MR) is 82.7 cm³/mol. The molecule has 1 saturated heterocycles. The largest absolute Gasteiger partial charge is 0.316 e. The van der Waals surface area contributed by atoms with Gasteiger partial charge in [0.25, 0.3) is 0 Å². The SMILES string of the molecule is Cc1nc(C(C)N(CC2CCCNC2)C(C)C)cs1. The van der Waals surface area contributed by atoms with Crippen molar-refractivity contribution in [3.63, 3.8) is 0 Å². The van der Waals surface area contributed by atoms with Gasteiger partial charge in [0, 0.05) is 18.0 Å². The first-order chi connectivity index (χ1) is 9.08. The fourth-order valence-electron chi connectivity index (χ4n) is 2.94. The minimum atomic E-state index is 0.423. The first kappa shape index (κ1) is 14.9. The molecule has 2 atom stereocenters. The van der Waals surface area contributed by atoms with Crippen LogP contribution in [0.2, 0.25) is 0 Å². The Morgan fingerprint density at radius 1 is 1.47 bits per heavy atom. The molecule has 1 N–H and O–H groups in total. The molecule has 1 aliphatic rings. The standard InChI is InChI=1S/C15H27N3S/c1-11(2)18(9-14-6-5-7-16-8-14)12(3)15-10-19-13(4)17-15/h10-12,14,16H,5-9H2,1-4H3. The molecule has 19 heavy (non-hydrogen) atoms. The van der Waals surface area contributed by atoms with Gasteiger partial charge in [0.05, 0.1) is 16.7 Å². The van der Waals surface area contributed by atoms with Crippen molar-refractivity contribution in [2.24, 2.45) is 5.92 Å². The molecule has 2 unspecified atom stereocenters. The van der Waals surface area contributed by atoms with E-state index in [0.29, 0.717) is 12.1 Å². The lowest BCUT2D eigenvalue weighted by molar-refractivity contribution is 0.125. The summed E-state index contributed by atoms with van der Waals surface area (Å²) >= 11 is 1.76. The Hall–Kier alpha value is -0.450. The number of thiazole rings is 1. The molecule has 108 valence electrons. The van der Waals surface area contributed by atoms with Crippen LogP contribution in [0.15, 0.2) is 5.38 Å². The van der Waals surface area contributed by atoms with E-state index < -0.39 is 0 Å². The molecule has 0 saturated carbocycles. The van der Waals surface area contributed by atoms with E-state index in [1.807, 2.05) is 0 Å². The van der Waals surface area contributed by atoms with Crippen LogP contribution >= 0.6 is 11.3 Å². The minimum Gasteiger partial charge on any atom is -0.316 e. The summed E-state index contributed by atoms with van der Waals surface area (Å²) in [6.07, 6.45) is 2.68. The summed E-state index contributed by atoms with van der Waals surface area (Å²) in [5, 5.41) is 6.91. The van der Waals surface area contributed by atoms with Gasteiger partial charge in [-0.15, -0.1) is 11.3 Å². The second kappa shape index (κ2) is 6.82. The Kier molecular flexibility index (Phi) is 5.37. The lowest BCUT2D eigenvalue weighted by Crippen LogP contribution is -2.42. The van der Waals surface area contributed by atoms with Crippen molar-refractivity contribution in [3.8, 4) is 0 Å². The van der Waals surface area contributed by atoms with E-state index in [0.717, 1.165) is 5.92 Å². The molecule has 1 aliphatic heterocycles. The smallest absolute Gasteiger partial charge is 0.0898 e. The van der Waals surface area contributed by atoms with Crippen LogP contribution in [0.25, 0.3) is 0 Å². The van der Waals surface area contributed by atoms with E-state index >= 15 is 0 Å². The van der Waals surface area contributed by atoms with Crippen molar-refractivity contribution < 1.29 is 0 Å². The van der Waals surface area contributed by atoms with Crippen LogP contribution < -0.4 is 5.32 Å². The Morgan fingerprint density at radius 2 is 2.26 bits per heavy atom. The molecule has 0 amide bonds. The molecular formula is C15H27N3S. The molecule has 0 spiro atoms. The van der Waals surface area contributed by atoms with Gasteiger partial charge in [-0.3, -0.25) is 4.90 Å². The lowest BCUT2D eigenvalue weighted by Gasteiger charge is -2.36. The molecule has 4 heteroatoms. The molecule has 2 heterocycles. The fraction of sp³-hybridized carbons (Fsp3) is 0.800. The van der Waals surface area contributed by atoms with Crippen molar-refractivity contribution in [1.29, 1.82) is 0 Å². The van der Waals surface area contributed by atoms with Gasteiger partial charge >= 0.3 is 0 Å². The van der Waals surface area contributed by atoms with Gasteiger partial charge in [-0.25, -0.2) is 4.98 Å². The third kappa shape index (κ3) is 4.01. The summed E-state index contributed by atoms with van der Waals surface area (Å²) in [6.45, 7) is 12.5. The average molecular weight is 281 g/mol. The van der Waals surface area contributed by atoms with Gasteiger partial charge < -0.3 is 5.32 Å². The number of hydrogen-bond donors (Lipinski definition) is 1. The molecule has 3 nitrogen and oxygen atoms in total. The van der Waals surface area contributed by atoms with Crippen LogP contribution in [0.1, 0.15) is 50.4 Å². The molecule has 0 aromatic carbocycles. The summed E-state index contributed by atoms with van der Waals surface area (Å²) in [6, 6.07) is 0.991. The summed E-state index contributed by atoms with van der Waals surface area (Å²) < 4.78 is 0. The first-order valence-electron chi connectivity index (χ1n) is 7.46. The van der Waals surface area contributed by atoms with Gasteiger partial charge in [0.1, 0.15) is 0 Å². The van der Waals surface area contributed by atoms with Crippen LogP contribution in [-0.2, 0) is 0 Å². The molecule has 2 rings (SSSR count). The van der Waals surface area contributed by atoms with Crippen molar-refractivity contribution in [1.82, 2.24) is 15.2 Å². The Morgan fingerprint density at radius 3 is 2.79 bits per heavy atom. The maximum absolute atomic E-state index is 4.67. The molecule has 1 aromatic heterocycles. The van der Waals surface area contributed by atoms with Crippen molar-refractivity contribution in [3.05, 3.63) is 16.1 Å². The highest BCUT2D eigenvalue weighted by Crippen LogP contribution is 2.26. The lowest BCUT2D eigenvalue weighted by atomic mass is 9.97. The van der Waals surface area contributed by atoms with E-state index in [-0.39, 0.29) is 0 Å². The maximum Gasteiger partial charge on any atom is 0.0898 e. The topological polar surface area (TPSA) is 28.2 Å². The minimum absolute atomic E-state index is 0.423. The highest BCUT2D eigenvalue weighted by Gasteiger charge is 2.24. The summed E-state index contributed by atoms with van der Waals surface area (Å²) in [7, 11) is 0. The number of aryl methyl sites for hydroxylation is 1.